The van der Waals surface area contributed by atoms with Crippen molar-refractivity contribution in [2.45, 2.75) is 52.6 Å². The minimum absolute atomic E-state index is 0.0526. The van der Waals surface area contributed by atoms with E-state index in [0.29, 0.717) is 32.2 Å². The zero-order valence-electron chi connectivity index (χ0n) is 10.3. The first kappa shape index (κ1) is 13.2. The highest BCUT2D eigenvalue weighted by Crippen LogP contribution is 2.39. The van der Waals surface area contributed by atoms with Gasteiger partial charge in [0.25, 0.3) is 0 Å². The molecule has 4 nitrogen and oxygen atoms in total. The second-order valence-corrected chi connectivity index (χ2v) is 4.65. The molecule has 0 aromatic carbocycles. The molecule has 4 heteroatoms. The van der Waals surface area contributed by atoms with E-state index in [1.54, 1.807) is 6.92 Å². The van der Waals surface area contributed by atoms with Crippen LogP contribution in [0.3, 0.4) is 0 Å². The first-order chi connectivity index (χ1) is 7.46. The number of likely N-dealkylation sites (tertiary alicyclic amines) is 1. The Hall–Kier alpha value is -0.900. The Kier molecular flexibility index (Phi) is 4.08. The lowest BCUT2D eigenvalue weighted by Gasteiger charge is -2.23. The molecular formula is C12H21NO3. The minimum Gasteiger partial charge on any atom is -0.393 e. The number of carbonyl (C=O) groups excluding carboxylic acids is 2. The first-order valence-electron chi connectivity index (χ1n) is 5.99. The summed E-state index contributed by atoms with van der Waals surface area (Å²) < 4.78 is 0. The summed E-state index contributed by atoms with van der Waals surface area (Å²) in [5, 5.41) is 9.18. The van der Waals surface area contributed by atoms with Crippen LogP contribution in [0, 0.1) is 5.41 Å². The third-order valence-corrected chi connectivity index (χ3v) is 3.61. The summed E-state index contributed by atoms with van der Waals surface area (Å²) in [5.41, 5.74) is -0.476. The first-order valence-corrected chi connectivity index (χ1v) is 5.99. The Balaban J connectivity index is 2.74. The summed E-state index contributed by atoms with van der Waals surface area (Å²) in [4.78, 5) is 25.2. The fourth-order valence-corrected chi connectivity index (χ4v) is 2.20. The summed E-state index contributed by atoms with van der Waals surface area (Å²) in [6.07, 6.45) is 1.73. The highest BCUT2D eigenvalue weighted by atomic mass is 16.3. The van der Waals surface area contributed by atoms with E-state index in [9.17, 15) is 14.7 Å². The molecular weight excluding hydrogens is 206 g/mol. The predicted octanol–water partition coefficient (Wildman–Crippen LogP) is 1.32. The van der Waals surface area contributed by atoms with Gasteiger partial charge in [-0.3, -0.25) is 14.5 Å². The number of hydrogen-bond acceptors (Lipinski definition) is 3. The van der Waals surface area contributed by atoms with E-state index in [0.717, 1.165) is 0 Å². The van der Waals surface area contributed by atoms with Crippen molar-refractivity contribution in [3.05, 3.63) is 0 Å². The van der Waals surface area contributed by atoms with Gasteiger partial charge in [0.1, 0.15) is 0 Å². The summed E-state index contributed by atoms with van der Waals surface area (Å²) >= 11 is 0. The van der Waals surface area contributed by atoms with Crippen LogP contribution in [0.5, 0.6) is 0 Å². The fraction of sp³-hybridized carbons (Fsp3) is 0.833. The molecule has 0 aromatic heterocycles. The van der Waals surface area contributed by atoms with Crippen LogP contribution < -0.4 is 0 Å². The van der Waals surface area contributed by atoms with Gasteiger partial charge in [0.05, 0.1) is 11.5 Å². The van der Waals surface area contributed by atoms with Gasteiger partial charge < -0.3 is 5.11 Å². The van der Waals surface area contributed by atoms with Crippen molar-refractivity contribution in [2.24, 2.45) is 5.41 Å². The average molecular weight is 227 g/mol. The molecule has 0 spiro atoms. The zero-order chi connectivity index (χ0) is 12.3. The smallest absolute Gasteiger partial charge is 0.235 e. The van der Waals surface area contributed by atoms with Gasteiger partial charge in [-0.05, 0) is 26.2 Å². The number of aliphatic hydroxyl groups is 1. The Bertz CT molecular complexity index is 282. The van der Waals surface area contributed by atoms with E-state index >= 15 is 0 Å². The number of rotatable bonds is 5. The molecule has 1 atom stereocenters. The zero-order valence-corrected chi connectivity index (χ0v) is 10.3. The molecule has 0 radical (unpaired) electrons. The van der Waals surface area contributed by atoms with Crippen LogP contribution in [-0.2, 0) is 9.59 Å². The molecule has 1 heterocycles. The number of carbonyl (C=O) groups is 2. The quantitative estimate of drug-likeness (QED) is 0.721. The van der Waals surface area contributed by atoms with Crippen molar-refractivity contribution in [1.82, 2.24) is 4.90 Å². The van der Waals surface area contributed by atoms with E-state index in [4.69, 9.17) is 0 Å². The standard InChI is InChI=1S/C12H21NO3/c1-4-12(5-2)8-10(15)13(11(12)16)7-6-9(3)14/h9,14H,4-8H2,1-3H3. The van der Waals surface area contributed by atoms with E-state index < -0.39 is 11.5 Å². The lowest BCUT2D eigenvalue weighted by Crippen LogP contribution is -2.36. The summed E-state index contributed by atoms with van der Waals surface area (Å²) in [6, 6.07) is 0. The molecule has 1 unspecified atom stereocenters. The molecule has 0 bridgehead atoms. The van der Waals surface area contributed by atoms with Gasteiger partial charge in [0, 0.05) is 13.0 Å². The highest BCUT2D eigenvalue weighted by molar-refractivity contribution is 6.05. The summed E-state index contributed by atoms with van der Waals surface area (Å²) in [7, 11) is 0. The largest absolute Gasteiger partial charge is 0.393 e. The molecule has 1 aliphatic rings. The predicted molar refractivity (Wildman–Crippen MR) is 60.6 cm³/mol. The molecule has 0 aliphatic carbocycles. The van der Waals surface area contributed by atoms with Gasteiger partial charge >= 0.3 is 0 Å². The van der Waals surface area contributed by atoms with Crippen molar-refractivity contribution in [2.75, 3.05) is 6.54 Å². The Morgan fingerprint density at radius 1 is 1.38 bits per heavy atom. The maximum atomic E-state index is 12.1. The van der Waals surface area contributed by atoms with Crippen molar-refractivity contribution in [1.29, 1.82) is 0 Å². The molecule has 1 rings (SSSR count). The number of imide groups is 1. The van der Waals surface area contributed by atoms with Gasteiger partial charge in [-0.25, -0.2) is 0 Å². The molecule has 0 aromatic rings. The van der Waals surface area contributed by atoms with E-state index in [1.165, 1.54) is 4.90 Å². The molecule has 1 fully saturated rings. The van der Waals surface area contributed by atoms with Crippen LogP contribution in [0.2, 0.25) is 0 Å². The molecule has 0 saturated carbocycles. The van der Waals surface area contributed by atoms with Crippen molar-refractivity contribution in [3.63, 3.8) is 0 Å². The number of nitrogens with zero attached hydrogens (tertiary/aromatic N) is 1. The Morgan fingerprint density at radius 3 is 2.31 bits per heavy atom. The highest BCUT2D eigenvalue weighted by Gasteiger charge is 2.48. The van der Waals surface area contributed by atoms with Gasteiger partial charge in [-0.15, -0.1) is 0 Å². The van der Waals surface area contributed by atoms with Gasteiger partial charge in [-0.1, -0.05) is 13.8 Å². The van der Waals surface area contributed by atoms with Crippen LogP contribution in [0.1, 0.15) is 46.5 Å². The van der Waals surface area contributed by atoms with Crippen LogP contribution in [-0.4, -0.2) is 34.5 Å². The third kappa shape index (κ3) is 2.26. The number of aliphatic hydroxyl groups excluding tert-OH is 1. The Labute approximate surface area is 96.6 Å². The lowest BCUT2D eigenvalue weighted by atomic mass is 9.81. The normalized spacial score (nSPS) is 21.6. The number of hydrogen-bond donors (Lipinski definition) is 1. The SMILES string of the molecule is CCC1(CC)CC(=O)N(CCC(C)O)C1=O. The summed E-state index contributed by atoms with van der Waals surface area (Å²) in [6.45, 7) is 5.91. The topological polar surface area (TPSA) is 57.6 Å². The molecule has 16 heavy (non-hydrogen) atoms. The third-order valence-electron chi connectivity index (χ3n) is 3.61. The number of amides is 2. The van der Waals surface area contributed by atoms with Crippen molar-refractivity contribution in [3.8, 4) is 0 Å². The Morgan fingerprint density at radius 2 is 1.94 bits per heavy atom. The van der Waals surface area contributed by atoms with Crippen LogP contribution in [0.15, 0.2) is 0 Å². The maximum absolute atomic E-state index is 12.1. The van der Waals surface area contributed by atoms with Gasteiger partial charge in [0.15, 0.2) is 0 Å². The molecule has 92 valence electrons. The second kappa shape index (κ2) is 4.95. The molecule has 1 N–H and O–H groups in total. The van der Waals surface area contributed by atoms with Crippen molar-refractivity contribution >= 4 is 11.8 Å². The molecule has 2 amide bonds. The van der Waals surface area contributed by atoms with E-state index in [1.807, 2.05) is 13.8 Å². The summed E-state index contributed by atoms with van der Waals surface area (Å²) in [5.74, 6) is -0.141. The van der Waals surface area contributed by atoms with Crippen LogP contribution >= 0.6 is 0 Å². The molecule has 1 saturated heterocycles. The second-order valence-electron chi connectivity index (χ2n) is 4.65. The fourth-order valence-electron chi connectivity index (χ4n) is 2.20. The van der Waals surface area contributed by atoms with Gasteiger partial charge in [0.2, 0.25) is 11.8 Å². The van der Waals surface area contributed by atoms with Crippen LogP contribution in [0.25, 0.3) is 0 Å². The van der Waals surface area contributed by atoms with E-state index in [-0.39, 0.29) is 11.8 Å². The molecule has 1 aliphatic heterocycles. The average Bonchev–Trinajstić information content (AvgIpc) is 2.48. The van der Waals surface area contributed by atoms with Crippen molar-refractivity contribution < 1.29 is 14.7 Å². The lowest BCUT2D eigenvalue weighted by molar-refractivity contribution is -0.141. The minimum atomic E-state index is -0.476. The van der Waals surface area contributed by atoms with Crippen LogP contribution in [0.4, 0.5) is 0 Å². The van der Waals surface area contributed by atoms with E-state index in [2.05, 4.69) is 0 Å². The monoisotopic (exact) mass is 227 g/mol. The van der Waals surface area contributed by atoms with Gasteiger partial charge in [-0.2, -0.15) is 0 Å². The maximum Gasteiger partial charge on any atom is 0.235 e.